The molecule has 26 heavy (non-hydrogen) atoms. The molecule has 0 heterocycles. The van der Waals surface area contributed by atoms with Gasteiger partial charge in [-0.1, -0.05) is 37.3 Å². The molecule has 3 heteroatoms. The molecule has 0 fully saturated rings. The Morgan fingerprint density at radius 3 is 2.65 bits per heavy atom. The van der Waals surface area contributed by atoms with Crippen LogP contribution in [0.5, 0.6) is 5.75 Å². The summed E-state index contributed by atoms with van der Waals surface area (Å²) < 4.78 is 4.89. The Morgan fingerprint density at radius 2 is 2.04 bits per heavy atom. The van der Waals surface area contributed by atoms with E-state index in [9.17, 15) is 9.90 Å². The fourth-order valence-electron chi connectivity index (χ4n) is 2.69. The lowest BCUT2D eigenvalue weighted by atomic mass is 9.92. The van der Waals surface area contributed by atoms with Crippen molar-refractivity contribution in [1.29, 1.82) is 0 Å². The van der Waals surface area contributed by atoms with Gasteiger partial charge in [0.25, 0.3) is 0 Å². The van der Waals surface area contributed by atoms with Gasteiger partial charge in [0.15, 0.2) is 0 Å². The maximum atomic E-state index is 12.0. The highest BCUT2D eigenvalue weighted by Gasteiger charge is 2.15. The fraction of sp³-hybridized carbons (Fsp3) is 0.217. The largest absolute Gasteiger partial charge is 0.508 e. The van der Waals surface area contributed by atoms with Crippen LogP contribution in [0.3, 0.4) is 0 Å². The molecule has 0 bridgehead atoms. The number of phenols is 1. The molecule has 1 aliphatic rings. The van der Waals surface area contributed by atoms with Crippen LogP contribution < -0.4 is 0 Å². The van der Waals surface area contributed by atoms with Gasteiger partial charge in [0.05, 0.1) is 7.11 Å². The van der Waals surface area contributed by atoms with Crippen molar-refractivity contribution in [2.24, 2.45) is 0 Å². The van der Waals surface area contributed by atoms with Gasteiger partial charge in [-0.15, -0.1) is 5.73 Å². The summed E-state index contributed by atoms with van der Waals surface area (Å²) in [5.41, 5.74) is 7.90. The second kappa shape index (κ2) is 9.45. The van der Waals surface area contributed by atoms with Gasteiger partial charge in [-0.3, -0.25) is 0 Å². The number of carbonyl (C=O) groups excluding carboxylic acids is 1. The zero-order valence-corrected chi connectivity index (χ0v) is 15.5. The average molecular weight is 348 g/mol. The van der Waals surface area contributed by atoms with Gasteiger partial charge >= 0.3 is 5.97 Å². The summed E-state index contributed by atoms with van der Waals surface area (Å²) in [6, 6.07) is 6.98. The molecule has 0 saturated heterocycles. The first-order valence-electron chi connectivity index (χ1n) is 8.65. The fourth-order valence-corrected chi connectivity index (χ4v) is 2.69. The second-order valence-electron chi connectivity index (χ2n) is 5.87. The van der Waals surface area contributed by atoms with Crippen LogP contribution in [-0.2, 0) is 9.53 Å². The van der Waals surface area contributed by atoms with E-state index in [-0.39, 0.29) is 11.7 Å². The molecule has 0 aromatic heterocycles. The summed E-state index contributed by atoms with van der Waals surface area (Å²) in [7, 11) is 1.38. The second-order valence-corrected chi connectivity index (χ2v) is 5.87. The highest BCUT2D eigenvalue weighted by Crippen LogP contribution is 2.29. The summed E-state index contributed by atoms with van der Waals surface area (Å²) in [5, 5.41) is 9.57. The molecule has 2 rings (SSSR count). The zero-order valence-electron chi connectivity index (χ0n) is 15.5. The third kappa shape index (κ3) is 4.98. The smallest absolute Gasteiger partial charge is 0.334 e. The third-order valence-electron chi connectivity index (χ3n) is 4.13. The Hall–Kier alpha value is -3.03. The molecule has 134 valence electrons. The quantitative estimate of drug-likeness (QED) is 0.448. The molecule has 1 aliphatic carbocycles. The van der Waals surface area contributed by atoms with Gasteiger partial charge in [0.1, 0.15) is 5.75 Å². The highest BCUT2D eigenvalue weighted by molar-refractivity contribution is 5.92. The molecule has 1 aromatic carbocycles. The SMILES string of the molecule is CC=CC=C(CC)C1=C=CC=C(C(=O)OC)CC(c2ccc(O)cc2)=C1. The Kier molecular flexibility index (Phi) is 7.02. The van der Waals surface area contributed by atoms with Crippen molar-refractivity contribution in [2.45, 2.75) is 26.7 Å². The van der Waals surface area contributed by atoms with Crippen molar-refractivity contribution in [3.63, 3.8) is 0 Å². The summed E-state index contributed by atoms with van der Waals surface area (Å²) in [6.45, 7) is 4.09. The molecular weight excluding hydrogens is 324 g/mol. The molecule has 1 aromatic rings. The number of esters is 1. The van der Waals surface area contributed by atoms with Gasteiger partial charge in [-0.2, -0.15) is 0 Å². The summed E-state index contributed by atoms with van der Waals surface area (Å²) in [6.07, 6.45) is 13.0. The molecule has 0 aliphatic heterocycles. The van der Waals surface area contributed by atoms with Crippen LogP contribution in [0.4, 0.5) is 0 Å². The monoisotopic (exact) mass is 348 g/mol. The number of hydrogen-bond donors (Lipinski definition) is 1. The maximum Gasteiger partial charge on any atom is 0.334 e. The van der Waals surface area contributed by atoms with E-state index in [1.165, 1.54) is 7.11 Å². The molecular formula is C23H24O3. The highest BCUT2D eigenvalue weighted by atomic mass is 16.5. The Balaban J connectivity index is 2.60. The van der Waals surface area contributed by atoms with E-state index in [0.29, 0.717) is 12.0 Å². The lowest BCUT2D eigenvalue weighted by Gasteiger charge is -2.13. The first-order chi connectivity index (χ1) is 12.6. The molecule has 0 unspecified atom stereocenters. The number of aromatic hydroxyl groups is 1. The standard InChI is InChI=1S/C23H24O3/c1-4-6-8-17(5-2)19-9-7-10-20(23(25)26-3)16-21(15-19)18-11-13-22(24)14-12-18/h4,6-8,10-15,24H,5,16H2,1-3H3. The van der Waals surface area contributed by atoms with Gasteiger partial charge in [-0.25, -0.2) is 4.79 Å². The topological polar surface area (TPSA) is 46.5 Å². The number of methoxy groups -OCH3 is 1. The summed E-state index contributed by atoms with van der Waals surface area (Å²) >= 11 is 0. The number of rotatable bonds is 5. The van der Waals surface area contributed by atoms with Gasteiger partial charge in [0, 0.05) is 17.6 Å². The van der Waals surface area contributed by atoms with Gasteiger partial charge < -0.3 is 9.84 Å². The number of carbonyl (C=O) groups is 1. The molecule has 0 saturated carbocycles. The first-order valence-corrected chi connectivity index (χ1v) is 8.65. The predicted octanol–water partition coefficient (Wildman–Crippen LogP) is 5.27. The Bertz CT molecular complexity index is 840. The minimum atomic E-state index is -0.351. The van der Waals surface area contributed by atoms with Crippen LogP contribution in [-0.4, -0.2) is 18.2 Å². The van der Waals surface area contributed by atoms with Crippen LogP contribution in [0, 0.1) is 0 Å². The molecule has 0 atom stereocenters. The predicted molar refractivity (Wildman–Crippen MR) is 106 cm³/mol. The summed E-state index contributed by atoms with van der Waals surface area (Å²) in [5.74, 6) is -0.141. The van der Waals surface area contributed by atoms with Crippen LogP contribution in [0.2, 0.25) is 0 Å². The van der Waals surface area contributed by atoms with Crippen molar-refractivity contribution >= 4 is 11.5 Å². The van der Waals surface area contributed by atoms with E-state index < -0.39 is 0 Å². The van der Waals surface area contributed by atoms with E-state index >= 15 is 0 Å². The number of ether oxygens (including phenoxy) is 1. The number of benzene rings is 1. The van der Waals surface area contributed by atoms with Crippen molar-refractivity contribution < 1.29 is 14.6 Å². The third-order valence-corrected chi connectivity index (χ3v) is 4.13. The summed E-state index contributed by atoms with van der Waals surface area (Å²) in [4.78, 5) is 12.0. The molecule has 0 amide bonds. The normalized spacial score (nSPS) is 15.0. The van der Waals surface area contributed by atoms with Crippen LogP contribution >= 0.6 is 0 Å². The number of phenolic OH excluding ortho intramolecular Hbond substituents is 1. The number of hydrogen-bond acceptors (Lipinski definition) is 3. The van der Waals surface area contributed by atoms with E-state index in [2.05, 4.69) is 24.8 Å². The lowest BCUT2D eigenvalue weighted by Crippen LogP contribution is -2.06. The van der Waals surface area contributed by atoms with E-state index in [1.54, 1.807) is 24.3 Å². The molecule has 1 N–H and O–H groups in total. The van der Waals surface area contributed by atoms with Gasteiger partial charge in [0.2, 0.25) is 0 Å². The van der Waals surface area contributed by atoms with Crippen LogP contribution in [0.25, 0.3) is 5.57 Å². The van der Waals surface area contributed by atoms with Gasteiger partial charge in [-0.05, 0) is 60.4 Å². The lowest BCUT2D eigenvalue weighted by molar-refractivity contribution is -0.136. The first kappa shape index (κ1) is 19.3. The Morgan fingerprint density at radius 1 is 1.31 bits per heavy atom. The zero-order chi connectivity index (χ0) is 18.9. The average Bonchev–Trinajstić information content (AvgIpc) is 2.63. The van der Waals surface area contributed by atoms with Crippen LogP contribution in [0.1, 0.15) is 32.3 Å². The maximum absolute atomic E-state index is 12.0. The molecule has 0 radical (unpaired) electrons. The molecule has 3 nitrogen and oxygen atoms in total. The Labute approximate surface area is 155 Å². The number of allylic oxidation sites excluding steroid dienone is 8. The van der Waals surface area contributed by atoms with E-state index in [0.717, 1.165) is 28.7 Å². The van der Waals surface area contributed by atoms with Crippen molar-refractivity contribution in [1.82, 2.24) is 0 Å². The van der Waals surface area contributed by atoms with E-state index in [4.69, 9.17) is 4.74 Å². The van der Waals surface area contributed by atoms with Crippen molar-refractivity contribution in [3.8, 4) is 5.75 Å². The van der Waals surface area contributed by atoms with Crippen molar-refractivity contribution in [2.75, 3.05) is 7.11 Å². The van der Waals surface area contributed by atoms with E-state index in [1.807, 2.05) is 31.2 Å². The van der Waals surface area contributed by atoms with Crippen molar-refractivity contribution in [3.05, 3.63) is 88.7 Å². The van der Waals surface area contributed by atoms with Crippen LogP contribution in [0.15, 0.2) is 83.2 Å². The molecule has 0 spiro atoms. The minimum absolute atomic E-state index is 0.210. The minimum Gasteiger partial charge on any atom is -0.508 e.